The third-order valence-electron chi connectivity index (χ3n) is 2.93. The summed E-state index contributed by atoms with van der Waals surface area (Å²) in [5.41, 5.74) is 0. The number of halogens is 1. The summed E-state index contributed by atoms with van der Waals surface area (Å²) in [4.78, 5) is 11.9. The van der Waals surface area contributed by atoms with E-state index in [0.717, 1.165) is 17.4 Å². The van der Waals surface area contributed by atoms with Crippen molar-refractivity contribution in [1.82, 2.24) is 24.9 Å². The van der Waals surface area contributed by atoms with Gasteiger partial charge in [-0.15, -0.1) is 0 Å². The monoisotopic (exact) mass is 339 g/mol. The van der Waals surface area contributed by atoms with Gasteiger partial charge in [0, 0.05) is 31.7 Å². The van der Waals surface area contributed by atoms with Crippen LogP contribution in [0, 0.1) is 5.92 Å². The van der Waals surface area contributed by atoms with Gasteiger partial charge in [0.05, 0.1) is 23.1 Å². The number of hydrogen-bond acceptors (Lipinski definition) is 3. The summed E-state index contributed by atoms with van der Waals surface area (Å²) in [6.45, 7) is 3.95. The van der Waals surface area contributed by atoms with E-state index in [0.29, 0.717) is 13.1 Å². The van der Waals surface area contributed by atoms with Crippen molar-refractivity contribution in [3.8, 4) is 0 Å². The molecule has 1 atom stereocenters. The van der Waals surface area contributed by atoms with E-state index in [1.165, 1.54) is 0 Å². The van der Waals surface area contributed by atoms with Gasteiger partial charge >= 0.3 is 0 Å². The van der Waals surface area contributed by atoms with Gasteiger partial charge in [0.2, 0.25) is 5.91 Å². The maximum Gasteiger partial charge on any atom is 0.224 e. The maximum absolute atomic E-state index is 11.9. The molecule has 1 N–H and O–H groups in total. The standard InChI is InChI=1S/C13H18BrN5O/c1-11(9-19-10-12(14)8-17-19)13(20)15-4-2-6-18-7-3-5-16-18/h3,5,7-8,10-11H,2,4,6,9H2,1H3,(H,15,20). The molecule has 1 amide bonds. The highest BCUT2D eigenvalue weighted by Crippen LogP contribution is 2.08. The van der Waals surface area contributed by atoms with Crippen molar-refractivity contribution in [2.24, 2.45) is 5.92 Å². The maximum atomic E-state index is 11.9. The molecule has 0 aliphatic rings. The fourth-order valence-corrected chi connectivity index (χ4v) is 2.19. The van der Waals surface area contributed by atoms with E-state index < -0.39 is 0 Å². The lowest BCUT2D eigenvalue weighted by atomic mass is 10.1. The molecule has 2 aromatic heterocycles. The predicted octanol–water partition coefficient (Wildman–Crippen LogP) is 1.68. The van der Waals surface area contributed by atoms with E-state index >= 15 is 0 Å². The topological polar surface area (TPSA) is 64.7 Å². The summed E-state index contributed by atoms with van der Waals surface area (Å²) in [5.74, 6) is -0.0522. The Labute approximate surface area is 126 Å². The highest BCUT2D eigenvalue weighted by molar-refractivity contribution is 9.10. The van der Waals surface area contributed by atoms with Crippen molar-refractivity contribution >= 4 is 21.8 Å². The quantitative estimate of drug-likeness (QED) is 0.780. The van der Waals surface area contributed by atoms with E-state index in [-0.39, 0.29) is 11.8 Å². The van der Waals surface area contributed by atoms with Crippen molar-refractivity contribution in [3.63, 3.8) is 0 Å². The second-order valence-corrected chi connectivity index (χ2v) is 5.61. The van der Waals surface area contributed by atoms with Crippen LogP contribution in [-0.4, -0.2) is 32.0 Å². The summed E-state index contributed by atoms with van der Waals surface area (Å²) in [6.07, 6.45) is 8.12. The number of hydrogen-bond donors (Lipinski definition) is 1. The minimum atomic E-state index is -0.105. The molecule has 1 unspecified atom stereocenters. The molecule has 2 rings (SSSR count). The van der Waals surface area contributed by atoms with Crippen molar-refractivity contribution in [1.29, 1.82) is 0 Å². The number of nitrogens with zero attached hydrogens (tertiary/aromatic N) is 4. The number of amides is 1. The lowest BCUT2D eigenvalue weighted by Crippen LogP contribution is -2.32. The molecule has 0 saturated carbocycles. The third kappa shape index (κ3) is 4.48. The first-order valence-corrected chi connectivity index (χ1v) is 7.37. The lowest BCUT2D eigenvalue weighted by Gasteiger charge is -2.12. The smallest absolute Gasteiger partial charge is 0.224 e. The molecule has 7 heteroatoms. The molecule has 0 saturated heterocycles. The fraction of sp³-hybridized carbons (Fsp3) is 0.462. The first kappa shape index (κ1) is 14.8. The van der Waals surface area contributed by atoms with Crippen molar-refractivity contribution < 1.29 is 4.79 Å². The largest absolute Gasteiger partial charge is 0.356 e. The zero-order chi connectivity index (χ0) is 14.4. The van der Waals surface area contributed by atoms with Crippen molar-refractivity contribution in [2.75, 3.05) is 6.54 Å². The second-order valence-electron chi connectivity index (χ2n) is 4.70. The molecular weight excluding hydrogens is 322 g/mol. The summed E-state index contributed by atoms with van der Waals surface area (Å²) >= 11 is 3.34. The summed E-state index contributed by atoms with van der Waals surface area (Å²) in [6, 6.07) is 1.89. The van der Waals surface area contributed by atoms with Crippen LogP contribution >= 0.6 is 15.9 Å². The first-order valence-electron chi connectivity index (χ1n) is 6.58. The second kappa shape index (κ2) is 7.23. The van der Waals surface area contributed by atoms with E-state index in [9.17, 15) is 4.79 Å². The van der Waals surface area contributed by atoms with Gasteiger partial charge in [0.25, 0.3) is 0 Å². The number of rotatable bonds is 7. The number of aromatic nitrogens is 4. The fourth-order valence-electron chi connectivity index (χ4n) is 1.86. The molecule has 6 nitrogen and oxygen atoms in total. The molecule has 0 radical (unpaired) electrons. The minimum absolute atomic E-state index is 0.0529. The molecule has 0 spiro atoms. The highest BCUT2D eigenvalue weighted by atomic mass is 79.9. The Kier molecular flexibility index (Phi) is 5.34. The first-order chi connectivity index (χ1) is 9.65. The molecule has 0 aromatic carbocycles. The molecule has 0 bridgehead atoms. The molecule has 0 aliphatic carbocycles. The van der Waals surface area contributed by atoms with Gasteiger partial charge in [-0.25, -0.2) is 0 Å². The van der Waals surface area contributed by atoms with Crippen molar-refractivity contribution in [3.05, 3.63) is 35.3 Å². The Morgan fingerprint density at radius 1 is 1.45 bits per heavy atom. The number of carbonyl (C=O) groups is 1. The van der Waals surface area contributed by atoms with Crippen LogP contribution in [0.4, 0.5) is 0 Å². The molecule has 2 aromatic rings. The Hall–Kier alpha value is -1.63. The lowest BCUT2D eigenvalue weighted by molar-refractivity contribution is -0.124. The van der Waals surface area contributed by atoms with Gasteiger partial charge in [-0.2, -0.15) is 10.2 Å². The zero-order valence-electron chi connectivity index (χ0n) is 11.4. The summed E-state index contributed by atoms with van der Waals surface area (Å²) in [7, 11) is 0. The Bertz CT molecular complexity index is 537. The third-order valence-corrected chi connectivity index (χ3v) is 3.34. The summed E-state index contributed by atoms with van der Waals surface area (Å²) in [5, 5.41) is 11.2. The Balaban J connectivity index is 1.66. The average Bonchev–Trinajstić information content (AvgIpc) is 3.06. The number of carbonyl (C=O) groups excluding carboxylic acids is 1. The minimum Gasteiger partial charge on any atom is -0.356 e. The molecule has 20 heavy (non-hydrogen) atoms. The van der Waals surface area contributed by atoms with Crippen LogP contribution in [0.25, 0.3) is 0 Å². The van der Waals surface area contributed by atoms with Crippen LogP contribution in [0.2, 0.25) is 0 Å². The SMILES string of the molecule is CC(Cn1cc(Br)cn1)C(=O)NCCCn1cccn1. The van der Waals surface area contributed by atoms with Crippen LogP contribution in [-0.2, 0) is 17.9 Å². The molecule has 2 heterocycles. The average molecular weight is 340 g/mol. The summed E-state index contributed by atoms with van der Waals surface area (Å²) < 4.78 is 4.54. The van der Waals surface area contributed by atoms with Crippen LogP contribution < -0.4 is 5.32 Å². The van der Waals surface area contributed by atoms with E-state index in [1.807, 2.05) is 30.1 Å². The van der Waals surface area contributed by atoms with Crippen molar-refractivity contribution in [2.45, 2.75) is 26.4 Å². The highest BCUT2D eigenvalue weighted by Gasteiger charge is 2.13. The van der Waals surface area contributed by atoms with Gasteiger partial charge in [-0.1, -0.05) is 6.92 Å². The van der Waals surface area contributed by atoms with Gasteiger partial charge in [-0.05, 0) is 28.4 Å². The van der Waals surface area contributed by atoms with E-state index in [1.54, 1.807) is 17.1 Å². The van der Waals surface area contributed by atoms with Crippen LogP contribution in [0.15, 0.2) is 35.3 Å². The van der Waals surface area contributed by atoms with Crippen LogP contribution in [0.5, 0.6) is 0 Å². The Morgan fingerprint density at radius 3 is 2.95 bits per heavy atom. The van der Waals surface area contributed by atoms with Gasteiger partial charge in [0.15, 0.2) is 0 Å². The molecule has 0 fully saturated rings. The molecule has 0 aliphatic heterocycles. The van der Waals surface area contributed by atoms with E-state index in [2.05, 4.69) is 31.4 Å². The van der Waals surface area contributed by atoms with Crippen LogP contribution in [0.3, 0.4) is 0 Å². The predicted molar refractivity (Wildman–Crippen MR) is 78.9 cm³/mol. The molecular formula is C13H18BrN5O. The Morgan fingerprint density at radius 2 is 2.30 bits per heavy atom. The van der Waals surface area contributed by atoms with Crippen LogP contribution in [0.1, 0.15) is 13.3 Å². The molecule has 108 valence electrons. The zero-order valence-corrected chi connectivity index (χ0v) is 13.0. The van der Waals surface area contributed by atoms with Gasteiger partial charge in [-0.3, -0.25) is 14.2 Å². The van der Waals surface area contributed by atoms with Gasteiger partial charge in [0.1, 0.15) is 0 Å². The van der Waals surface area contributed by atoms with Gasteiger partial charge < -0.3 is 5.32 Å². The van der Waals surface area contributed by atoms with E-state index in [4.69, 9.17) is 0 Å². The normalized spacial score (nSPS) is 12.3. The number of nitrogens with one attached hydrogen (secondary N) is 1. The number of aryl methyl sites for hydroxylation is 1.